The molecule has 84 valence electrons. The first-order chi connectivity index (χ1) is 6.68. The minimum absolute atomic E-state index is 1.53. The predicted octanol–water partition coefficient (Wildman–Crippen LogP) is 1.07. The van der Waals surface area contributed by atoms with Gasteiger partial charge in [0.2, 0.25) is 0 Å². The van der Waals surface area contributed by atoms with Gasteiger partial charge in [-0.2, -0.15) is 8.42 Å². The Morgan fingerprint density at radius 3 is 1.80 bits per heavy atom. The molecule has 0 bridgehead atoms. The smallest absolute Gasteiger partial charge is 0.300 e. The molecule has 0 saturated carbocycles. The van der Waals surface area contributed by atoms with Gasteiger partial charge in [0.15, 0.2) is 28.2 Å². The molecule has 15 heavy (non-hydrogen) atoms. The van der Waals surface area contributed by atoms with E-state index in [1.54, 1.807) is 0 Å². The summed E-state index contributed by atoms with van der Waals surface area (Å²) in [6.07, 6.45) is 0. The average molecular weight is 245 g/mol. The van der Waals surface area contributed by atoms with Crippen LogP contribution in [0.5, 0.6) is 0 Å². The van der Waals surface area contributed by atoms with E-state index in [0.29, 0.717) is 0 Å². The summed E-state index contributed by atoms with van der Waals surface area (Å²) < 4.78 is 80.0. The van der Waals surface area contributed by atoms with E-state index in [1.165, 1.54) is 0 Å². The van der Waals surface area contributed by atoms with Gasteiger partial charge in [-0.05, 0) is 0 Å². The van der Waals surface area contributed by atoms with E-state index >= 15 is 0 Å². The van der Waals surface area contributed by atoms with Crippen molar-refractivity contribution < 1.29 is 30.5 Å². The van der Waals surface area contributed by atoms with Crippen molar-refractivity contribution in [2.24, 2.45) is 0 Å². The second kappa shape index (κ2) is 3.35. The molecular formula is C6H3F4NO3S. The van der Waals surface area contributed by atoms with E-state index in [4.69, 9.17) is 4.55 Å². The van der Waals surface area contributed by atoms with Crippen LogP contribution in [0.3, 0.4) is 0 Å². The topological polar surface area (TPSA) is 80.4 Å². The van der Waals surface area contributed by atoms with Gasteiger partial charge in [-0.3, -0.25) is 4.55 Å². The number of nitrogen functional groups attached to an aromatic ring is 1. The Hall–Kier alpha value is -1.35. The monoisotopic (exact) mass is 245 g/mol. The van der Waals surface area contributed by atoms with Crippen molar-refractivity contribution in [3.05, 3.63) is 23.3 Å². The zero-order valence-corrected chi connectivity index (χ0v) is 7.58. The maximum Gasteiger partial charge on any atom is 0.300 e. The van der Waals surface area contributed by atoms with Crippen LogP contribution in [-0.4, -0.2) is 13.0 Å². The van der Waals surface area contributed by atoms with Crippen molar-refractivity contribution in [1.29, 1.82) is 0 Å². The minimum atomic E-state index is -5.36. The lowest BCUT2D eigenvalue weighted by molar-refractivity contribution is 0.403. The van der Waals surface area contributed by atoms with Crippen molar-refractivity contribution in [2.45, 2.75) is 4.90 Å². The summed E-state index contributed by atoms with van der Waals surface area (Å²) in [5.41, 5.74) is 3.09. The van der Waals surface area contributed by atoms with Crippen LogP contribution in [0.1, 0.15) is 0 Å². The second-order valence-corrected chi connectivity index (χ2v) is 3.83. The SMILES string of the molecule is Nc1c(F)c(F)c(F)c(S(=O)(=O)O)c1F. The number of hydrogen-bond donors (Lipinski definition) is 2. The van der Waals surface area contributed by atoms with E-state index in [9.17, 15) is 26.0 Å². The molecule has 0 heterocycles. The van der Waals surface area contributed by atoms with Crippen molar-refractivity contribution in [3.63, 3.8) is 0 Å². The molecule has 0 aliphatic carbocycles. The first kappa shape index (κ1) is 11.7. The standard InChI is InChI=1S/C6H3F4NO3S/c7-1-2(8)5(11)4(10)6(3(1)9)15(12,13)14/h11H2,(H,12,13,14). The molecule has 3 N–H and O–H groups in total. The van der Waals surface area contributed by atoms with E-state index in [-0.39, 0.29) is 0 Å². The zero-order valence-electron chi connectivity index (χ0n) is 6.76. The van der Waals surface area contributed by atoms with Gasteiger partial charge >= 0.3 is 10.1 Å². The fraction of sp³-hybridized carbons (Fsp3) is 0. The number of benzene rings is 1. The number of rotatable bonds is 1. The maximum absolute atomic E-state index is 12.9. The van der Waals surface area contributed by atoms with Crippen LogP contribution in [0.15, 0.2) is 4.90 Å². The summed E-state index contributed by atoms with van der Waals surface area (Å²) in [5, 5.41) is 0. The Bertz CT molecular complexity index is 499. The normalized spacial score (nSPS) is 11.8. The van der Waals surface area contributed by atoms with Crippen LogP contribution >= 0.6 is 0 Å². The Morgan fingerprint density at radius 2 is 1.40 bits per heavy atom. The fourth-order valence-electron chi connectivity index (χ4n) is 0.856. The van der Waals surface area contributed by atoms with Gasteiger partial charge in [0.05, 0.1) is 0 Å². The van der Waals surface area contributed by atoms with Crippen molar-refractivity contribution in [2.75, 3.05) is 5.73 Å². The first-order valence-electron chi connectivity index (χ1n) is 3.26. The van der Waals surface area contributed by atoms with Crippen LogP contribution in [0.4, 0.5) is 23.2 Å². The molecule has 1 aromatic rings. The Labute approximate surface area is 81.1 Å². The Morgan fingerprint density at radius 1 is 0.933 bits per heavy atom. The third-order valence-electron chi connectivity index (χ3n) is 1.52. The highest BCUT2D eigenvalue weighted by molar-refractivity contribution is 7.85. The molecule has 0 amide bonds. The lowest BCUT2D eigenvalue weighted by atomic mass is 10.2. The van der Waals surface area contributed by atoms with Gasteiger partial charge in [0.25, 0.3) is 0 Å². The van der Waals surface area contributed by atoms with Crippen LogP contribution in [-0.2, 0) is 10.1 Å². The summed E-state index contributed by atoms with van der Waals surface area (Å²) in [6.45, 7) is 0. The van der Waals surface area contributed by atoms with E-state index in [1.807, 2.05) is 0 Å². The largest absolute Gasteiger partial charge is 0.394 e. The molecule has 0 aliphatic heterocycles. The molecule has 0 spiro atoms. The van der Waals surface area contributed by atoms with Gasteiger partial charge in [0, 0.05) is 0 Å². The highest BCUT2D eigenvalue weighted by Gasteiger charge is 2.30. The molecule has 1 aromatic carbocycles. The van der Waals surface area contributed by atoms with Crippen molar-refractivity contribution in [3.8, 4) is 0 Å². The molecule has 0 fully saturated rings. The molecular weight excluding hydrogens is 242 g/mol. The van der Waals surface area contributed by atoms with Crippen molar-refractivity contribution in [1.82, 2.24) is 0 Å². The molecule has 1 rings (SSSR count). The molecule has 4 nitrogen and oxygen atoms in total. The maximum atomic E-state index is 12.9. The summed E-state index contributed by atoms with van der Waals surface area (Å²) in [4.78, 5) is -2.01. The molecule has 0 saturated heterocycles. The third-order valence-corrected chi connectivity index (χ3v) is 2.39. The highest BCUT2D eigenvalue weighted by atomic mass is 32.2. The van der Waals surface area contributed by atoms with Gasteiger partial charge in [-0.15, -0.1) is 0 Å². The third kappa shape index (κ3) is 1.75. The Kier molecular flexibility index (Phi) is 2.62. The summed E-state index contributed by atoms with van der Waals surface area (Å²) in [5.74, 6) is -8.77. The van der Waals surface area contributed by atoms with E-state index < -0.39 is 44.0 Å². The minimum Gasteiger partial charge on any atom is -0.394 e. The van der Waals surface area contributed by atoms with E-state index in [2.05, 4.69) is 5.73 Å². The number of halogens is 4. The summed E-state index contributed by atoms with van der Waals surface area (Å²) in [6, 6.07) is 0. The lowest BCUT2D eigenvalue weighted by Gasteiger charge is -2.06. The van der Waals surface area contributed by atoms with Crippen LogP contribution in [0, 0.1) is 23.3 Å². The molecule has 0 aliphatic rings. The second-order valence-electron chi connectivity index (χ2n) is 2.47. The van der Waals surface area contributed by atoms with Crippen LogP contribution < -0.4 is 5.73 Å². The summed E-state index contributed by atoms with van der Waals surface area (Å²) in [7, 11) is -5.36. The highest BCUT2D eigenvalue weighted by Crippen LogP contribution is 2.28. The summed E-state index contributed by atoms with van der Waals surface area (Å²) >= 11 is 0. The molecule has 9 heteroatoms. The van der Waals surface area contributed by atoms with Gasteiger partial charge in [-0.25, -0.2) is 17.6 Å². The quantitative estimate of drug-likeness (QED) is 0.255. The Balaban J connectivity index is 3.84. The average Bonchev–Trinajstić information content (AvgIpc) is 2.09. The lowest BCUT2D eigenvalue weighted by Crippen LogP contribution is -2.12. The first-order valence-corrected chi connectivity index (χ1v) is 4.70. The fourth-order valence-corrected chi connectivity index (χ4v) is 1.51. The van der Waals surface area contributed by atoms with Gasteiger partial charge < -0.3 is 5.73 Å². The van der Waals surface area contributed by atoms with Gasteiger partial charge in [0.1, 0.15) is 5.69 Å². The van der Waals surface area contributed by atoms with Crippen LogP contribution in [0.25, 0.3) is 0 Å². The number of hydrogen-bond acceptors (Lipinski definition) is 3. The molecule has 0 unspecified atom stereocenters. The number of anilines is 1. The molecule has 0 atom stereocenters. The van der Waals surface area contributed by atoms with Crippen molar-refractivity contribution >= 4 is 15.8 Å². The van der Waals surface area contributed by atoms with Crippen LogP contribution in [0.2, 0.25) is 0 Å². The molecule has 0 aromatic heterocycles. The zero-order chi connectivity index (χ0) is 12.0. The number of nitrogens with two attached hydrogens (primary N) is 1. The van der Waals surface area contributed by atoms with E-state index in [0.717, 1.165) is 0 Å². The predicted molar refractivity (Wildman–Crippen MR) is 40.5 cm³/mol. The molecule has 0 radical (unpaired) electrons. The van der Waals surface area contributed by atoms with Gasteiger partial charge in [-0.1, -0.05) is 0 Å².